The Morgan fingerprint density at radius 2 is 2.21 bits per heavy atom. The Kier molecular flexibility index (Phi) is 4.50. The molecule has 0 aliphatic carbocycles. The maximum atomic E-state index is 11.8. The number of carbonyl (C=O) groups excluding carboxylic acids is 1. The Balaban J connectivity index is 1.76. The van der Waals surface area contributed by atoms with Gasteiger partial charge in [-0.15, -0.1) is 0 Å². The number of hydrogen-bond acceptors (Lipinski definition) is 4. The lowest BCUT2D eigenvalue weighted by atomic mass is 10.2. The van der Waals surface area contributed by atoms with E-state index in [-0.39, 0.29) is 11.9 Å². The number of nitriles is 1. The highest BCUT2D eigenvalue weighted by Gasteiger charge is 2.19. The summed E-state index contributed by atoms with van der Waals surface area (Å²) in [6.45, 7) is 2.60. The van der Waals surface area contributed by atoms with E-state index in [0.29, 0.717) is 12.0 Å². The van der Waals surface area contributed by atoms with Crippen LogP contribution in [0, 0.1) is 11.3 Å². The summed E-state index contributed by atoms with van der Waals surface area (Å²) in [4.78, 5) is 14.0. The predicted molar refractivity (Wildman–Crippen MR) is 73.4 cm³/mol. The van der Waals surface area contributed by atoms with Gasteiger partial charge in [-0.3, -0.25) is 4.79 Å². The van der Waals surface area contributed by atoms with Crippen LogP contribution in [0.5, 0.6) is 0 Å². The molecule has 0 aromatic heterocycles. The van der Waals surface area contributed by atoms with Crippen LogP contribution in [0.3, 0.4) is 0 Å². The largest absolute Gasteiger partial charge is 0.326 e. The second-order valence-corrected chi connectivity index (χ2v) is 4.84. The number of rotatable bonds is 4. The highest BCUT2D eigenvalue weighted by atomic mass is 16.1. The number of benzene rings is 1. The number of hydrogen-bond donors (Lipinski definition) is 2. The van der Waals surface area contributed by atoms with E-state index in [2.05, 4.69) is 10.2 Å². The Bertz CT molecular complexity index is 477. The van der Waals surface area contributed by atoms with Crippen LogP contribution in [-0.2, 0) is 4.79 Å². The van der Waals surface area contributed by atoms with Crippen molar-refractivity contribution in [3.05, 3.63) is 29.8 Å². The summed E-state index contributed by atoms with van der Waals surface area (Å²) in [5.41, 5.74) is 7.13. The van der Waals surface area contributed by atoms with Crippen LogP contribution in [0.15, 0.2) is 24.3 Å². The molecule has 19 heavy (non-hydrogen) atoms. The highest BCUT2D eigenvalue weighted by molar-refractivity contribution is 5.90. The van der Waals surface area contributed by atoms with Crippen LogP contribution < -0.4 is 11.1 Å². The van der Waals surface area contributed by atoms with Gasteiger partial charge in [-0.05, 0) is 37.2 Å². The minimum atomic E-state index is -0.00909. The van der Waals surface area contributed by atoms with E-state index in [0.717, 1.165) is 31.7 Å². The molecule has 0 unspecified atom stereocenters. The van der Waals surface area contributed by atoms with Gasteiger partial charge >= 0.3 is 0 Å². The van der Waals surface area contributed by atoms with Crippen molar-refractivity contribution in [2.75, 3.05) is 25.0 Å². The zero-order valence-corrected chi connectivity index (χ0v) is 10.8. The third-order valence-electron chi connectivity index (χ3n) is 3.26. The van der Waals surface area contributed by atoms with Gasteiger partial charge in [0.05, 0.1) is 11.6 Å². The van der Waals surface area contributed by atoms with E-state index >= 15 is 0 Å². The van der Waals surface area contributed by atoms with Crippen molar-refractivity contribution in [2.24, 2.45) is 5.73 Å². The molecule has 1 heterocycles. The normalized spacial score (nSPS) is 19.1. The molecule has 1 aliphatic rings. The molecule has 1 atom stereocenters. The highest BCUT2D eigenvalue weighted by Crippen LogP contribution is 2.10. The zero-order chi connectivity index (χ0) is 13.7. The van der Waals surface area contributed by atoms with Crippen LogP contribution in [0.2, 0.25) is 0 Å². The van der Waals surface area contributed by atoms with E-state index in [1.54, 1.807) is 24.3 Å². The lowest BCUT2D eigenvalue weighted by Gasteiger charge is -2.14. The number of nitrogens with one attached hydrogen (secondary N) is 1. The number of carbonyl (C=O) groups is 1. The van der Waals surface area contributed by atoms with Gasteiger partial charge in [0, 0.05) is 31.2 Å². The van der Waals surface area contributed by atoms with Crippen LogP contribution in [-0.4, -0.2) is 36.5 Å². The molecule has 1 aromatic rings. The third-order valence-corrected chi connectivity index (χ3v) is 3.26. The standard InChI is InChI=1S/C14H18N4O/c15-9-11-1-3-13(4-2-11)17-14(19)6-8-18-7-5-12(16)10-18/h1-4,12H,5-8,10,16H2,(H,17,19)/t12-/m1/s1. The number of amides is 1. The van der Waals surface area contributed by atoms with E-state index < -0.39 is 0 Å². The molecule has 0 bridgehead atoms. The van der Waals surface area contributed by atoms with Crippen molar-refractivity contribution >= 4 is 11.6 Å². The summed E-state index contributed by atoms with van der Waals surface area (Å²) in [5, 5.41) is 11.5. The number of likely N-dealkylation sites (tertiary alicyclic amines) is 1. The van der Waals surface area contributed by atoms with Crippen molar-refractivity contribution in [3.8, 4) is 6.07 Å². The molecular weight excluding hydrogens is 240 g/mol. The van der Waals surface area contributed by atoms with Crippen LogP contribution >= 0.6 is 0 Å². The number of nitrogens with zero attached hydrogens (tertiary/aromatic N) is 2. The molecule has 0 radical (unpaired) electrons. The average Bonchev–Trinajstić information content (AvgIpc) is 2.83. The maximum absolute atomic E-state index is 11.8. The Morgan fingerprint density at radius 1 is 1.47 bits per heavy atom. The first-order valence-electron chi connectivity index (χ1n) is 6.45. The van der Waals surface area contributed by atoms with Crippen molar-refractivity contribution in [1.29, 1.82) is 5.26 Å². The molecule has 5 heteroatoms. The molecule has 0 saturated carbocycles. The molecule has 3 N–H and O–H groups in total. The monoisotopic (exact) mass is 258 g/mol. The first-order valence-corrected chi connectivity index (χ1v) is 6.45. The molecule has 1 aliphatic heterocycles. The van der Waals surface area contributed by atoms with Crippen LogP contribution in [0.25, 0.3) is 0 Å². The molecular formula is C14H18N4O. The molecule has 5 nitrogen and oxygen atoms in total. The molecule has 2 rings (SSSR count). The van der Waals surface area contributed by atoms with Crippen molar-refractivity contribution < 1.29 is 4.79 Å². The Hall–Kier alpha value is -1.90. The lowest BCUT2D eigenvalue weighted by Crippen LogP contribution is -2.29. The first-order chi connectivity index (χ1) is 9.17. The summed E-state index contributed by atoms with van der Waals surface area (Å²) < 4.78 is 0. The van der Waals surface area contributed by atoms with Crippen LogP contribution in [0.1, 0.15) is 18.4 Å². The number of anilines is 1. The molecule has 1 aromatic carbocycles. The molecule has 1 fully saturated rings. The molecule has 1 amide bonds. The Labute approximate surface area is 113 Å². The predicted octanol–water partition coefficient (Wildman–Crippen LogP) is 0.920. The summed E-state index contributed by atoms with van der Waals surface area (Å²) in [6.07, 6.45) is 1.48. The van der Waals surface area contributed by atoms with E-state index in [9.17, 15) is 4.79 Å². The topological polar surface area (TPSA) is 82.2 Å². The van der Waals surface area contributed by atoms with Gasteiger partial charge in [0.1, 0.15) is 0 Å². The second kappa shape index (κ2) is 6.32. The van der Waals surface area contributed by atoms with E-state index in [1.165, 1.54) is 0 Å². The van der Waals surface area contributed by atoms with Gasteiger partial charge in [-0.1, -0.05) is 0 Å². The fourth-order valence-corrected chi connectivity index (χ4v) is 2.18. The third kappa shape index (κ3) is 4.05. The van der Waals surface area contributed by atoms with Crippen molar-refractivity contribution in [1.82, 2.24) is 4.90 Å². The summed E-state index contributed by atoms with van der Waals surface area (Å²) in [5.74, 6) is -0.00909. The fourth-order valence-electron chi connectivity index (χ4n) is 2.18. The van der Waals surface area contributed by atoms with Crippen molar-refractivity contribution in [2.45, 2.75) is 18.9 Å². The van der Waals surface area contributed by atoms with E-state index in [1.807, 2.05) is 6.07 Å². The van der Waals surface area contributed by atoms with Crippen molar-refractivity contribution in [3.63, 3.8) is 0 Å². The van der Waals surface area contributed by atoms with Gasteiger partial charge in [0.2, 0.25) is 5.91 Å². The van der Waals surface area contributed by atoms with E-state index in [4.69, 9.17) is 11.0 Å². The van der Waals surface area contributed by atoms with Gasteiger partial charge < -0.3 is 16.0 Å². The Morgan fingerprint density at radius 3 is 2.79 bits per heavy atom. The van der Waals surface area contributed by atoms with Crippen LogP contribution in [0.4, 0.5) is 5.69 Å². The molecule has 1 saturated heterocycles. The van der Waals surface area contributed by atoms with Gasteiger partial charge in [-0.2, -0.15) is 5.26 Å². The first kappa shape index (κ1) is 13.5. The molecule has 0 spiro atoms. The summed E-state index contributed by atoms with van der Waals surface area (Å²) in [6, 6.07) is 9.15. The number of nitrogens with two attached hydrogens (primary N) is 1. The minimum absolute atomic E-state index is 0.00909. The summed E-state index contributed by atoms with van der Waals surface area (Å²) >= 11 is 0. The maximum Gasteiger partial charge on any atom is 0.225 e. The minimum Gasteiger partial charge on any atom is -0.326 e. The SMILES string of the molecule is N#Cc1ccc(NC(=O)CCN2CC[C@@H](N)C2)cc1. The average molecular weight is 258 g/mol. The zero-order valence-electron chi connectivity index (χ0n) is 10.8. The summed E-state index contributed by atoms with van der Waals surface area (Å²) in [7, 11) is 0. The second-order valence-electron chi connectivity index (χ2n) is 4.84. The quantitative estimate of drug-likeness (QED) is 0.841. The smallest absolute Gasteiger partial charge is 0.225 e. The van der Waals surface area contributed by atoms with Gasteiger partial charge in [0.15, 0.2) is 0 Å². The van der Waals surface area contributed by atoms with Gasteiger partial charge in [-0.25, -0.2) is 0 Å². The molecule has 100 valence electrons. The van der Waals surface area contributed by atoms with Gasteiger partial charge in [0.25, 0.3) is 0 Å². The lowest BCUT2D eigenvalue weighted by molar-refractivity contribution is -0.116. The fraction of sp³-hybridized carbons (Fsp3) is 0.429.